The zero-order chi connectivity index (χ0) is 14.6. The summed E-state index contributed by atoms with van der Waals surface area (Å²) >= 11 is 0. The van der Waals surface area contributed by atoms with Gasteiger partial charge in [-0.1, -0.05) is 25.7 Å². The monoisotopic (exact) mass is 300 g/mol. The number of halogens is 1. The van der Waals surface area contributed by atoms with Gasteiger partial charge in [0.1, 0.15) is 5.82 Å². The van der Waals surface area contributed by atoms with Gasteiger partial charge in [0.25, 0.3) is 0 Å². The Balaban J connectivity index is 2.03. The fourth-order valence-electron chi connectivity index (χ4n) is 2.55. The van der Waals surface area contributed by atoms with Crippen LogP contribution in [0.1, 0.15) is 38.5 Å². The van der Waals surface area contributed by atoms with E-state index in [1.165, 1.54) is 12.1 Å². The summed E-state index contributed by atoms with van der Waals surface area (Å²) in [4.78, 5) is 0.0659. The maximum Gasteiger partial charge on any atom is 0.240 e. The van der Waals surface area contributed by atoms with Crippen LogP contribution in [0.3, 0.4) is 0 Å². The summed E-state index contributed by atoms with van der Waals surface area (Å²) < 4.78 is 39.6. The van der Waals surface area contributed by atoms with Crippen LogP contribution in [-0.4, -0.2) is 20.5 Å². The number of nitrogens with two attached hydrogens (primary N) is 1. The molecule has 0 radical (unpaired) electrons. The molecule has 0 unspecified atom stereocenters. The first kappa shape index (κ1) is 15.4. The molecule has 0 amide bonds. The molecule has 0 spiro atoms. The number of hydrogen-bond acceptors (Lipinski definition) is 3. The molecule has 3 N–H and O–H groups in total. The first-order valence-electron chi connectivity index (χ1n) is 6.95. The van der Waals surface area contributed by atoms with E-state index >= 15 is 0 Å². The van der Waals surface area contributed by atoms with Gasteiger partial charge in [0, 0.05) is 12.1 Å². The normalized spacial score (nSPS) is 19.5. The second-order valence-corrected chi connectivity index (χ2v) is 7.32. The third kappa shape index (κ3) is 4.01. The Morgan fingerprint density at radius 3 is 2.20 bits per heavy atom. The predicted molar refractivity (Wildman–Crippen MR) is 76.2 cm³/mol. The van der Waals surface area contributed by atoms with Gasteiger partial charge in [-0.05, 0) is 37.1 Å². The van der Waals surface area contributed by atoms with Gasteiger partial charge in [0.05, 0.1) is 4.90 Å². The SMILES string of the molecule is NC1(CNS(=O)(=O)c2ccc(F)cc2)CCCCCC1. The third-order valence-corrected chi connectivity index (χ3v) is 5.25. The molecule has 0 atom stereocenters. The third-order valence-electron chi connectivity index (χ3n) is 3.84. The number of sulfonamides is 1. The lowest BCUT2D eigenvalue weighted by Gasteiger charge is -2.28. The van der Waals surface area contributed by atoms with Crippen molar-refractivity contribution in [1.29, 1.82) is 0 Å². The molecule has 0 saturated heterocycles. The van der Waals surface area contributed by atoms with Crippen molar-refractivity contribution in [2.45, 2.75) is 49.0 Å². The summed E-state index contributed by atoms with van der Waals surface area (Å²) in [5.41, 5.74) is 5.81. The second kappa shape index (κ2) is 6.20. The standard InChI is InChI=1S/C14H21FN2O2S/c15-12-5-7-13(8-6-12)20(18,19)17-11-14(16)9-3-1-2-4-10-14/h5-8,17H,1-4,9-11,16H2. The highest BCUT2D eigenvalue weighted by atomic mass is 32.2. The highest BCUT2D eigenvalue weighted by Gasteiger charge is 2.28. The molecular weight excluding hydrogens is 279 g/mol. The molecule has 1 aliphatic carbocycles. The average molecular weight is 300 g/mol. The van der Waals surface area contributed by atoms with E-state index in [1.54, 1.807) is 0 Å². The molecule has 1 aromatic rings. The van der Waals surface area contributed by atoms with Crippen molar-refractivity contribution in [2.24, 2.45) is 5.73 Å². The molecule has 112 valence electrons. The van der Waals surface area contributed by atoms with Crippen molar-refractivity contribution in [3.05, 3.63) is 30.1 Å². The summed E-state index contributed by atoms with van der Waals surface area (Å²) in [5.74, 6) is -0.456. The zero-order valence-corrected chi connectivity index (χ0v) is 12.3. The van der Waals surface area contributed by atoms with Crippen LogP contribution in [-0.2, 0) is 10.0 Å². The number of hydrogen-bond donors (Lipinski definition) is 2. The number of benzene rings is 1. The lowest BCUT2D eigenvalue weighted by molar-refractivity contribution is 0.369. The van der Waals surface area contributed by atoms with Crippen LogP contribution < -0.4 is 10.5 Å². The van der Waals surface area contributed by atoms with E-state index in [9.17, 15) is 12.8 Å². The topological polar surface area (TPSA) is 72.2 Å². The Morgan fingerprint density at radius 1 is 1.10 bits per heavy atom. The lowest BCUT2D eigenvalue weighted by Crippen LogP contribution is -2.49. The summed E-state index contributed by atoms with van der Waals surface area (Å²) in [5, 5.41) is 0. The molecule has 20 heavy (non-hydrogen) atoms. The average Bonchev–Trinajstić information content (AvgIpc) is 2.63. The number of nitrogens with one attached hydrogen (secondary N) is 1. The van der Waals surface area contributed by atoms with Crippen molar-refractivity contribution in [3.63, 3.8) is 0 Å². The molecule has 6 heteroatoms. The van der Waals surface area contributed by atoms with Crippen LogP contribution in [0, 0.1) is 5.82 Å². The molecule has 0 heterocycles. The summed E-state index contributed by atoms with van der Waals surface area (Å²) in [6.45, 7) is 0.229. The smallest absolute Gasteiger partial charge is 0.240 e. The minimum atomic E-state index is -3.62. The largest absolute Gasteiger partial charge is 0.324 e. The van der Waals surface area contributed by atoms with E-state index in [0.29, 0.717) is 0 Å². The summed E-state index contributed by atoms with van der Waals surface area (Å²) in [6.07, 6.45) is 6.05. The molecule has 1 aromatic carbocycles. The van der Waals surface area contributed by atoms with Gasteiger partial charge in [-0.25, -0.2) is 17.5 Å². The van der Waals surface area contributed by atoms with Crippen LogP contribution >= 0.6 is 0 Å². The van der Waals surface area contributed by atoms with Crippen molar-refractivity contribution in [1.82, 2.24) is 4.72 Å². The first-order chi connectivity index (χ1) is 9.41. The van der Waals surface area contributed by atoms with E-state index in [0.717, 1.165) is 50.7 Å². The van der Waals surface area contributed by atoms with Gasteiger partial charge in [-0.3, -0.25) is 0 Å². The Hall–Kier alpha value is -0.980. The minimum Gasteiger partial charge on any atom is -0.324 e. The van der Waals surface area contributed by atoms with Crippen molar-refractivity contribution in [2.75, 3.05) is 6.54 Å². The fourth-order valence-corrected chi connectivity index (χ4v) is 3.68. The molecule has 1 saturated carbocycles. The van der Waals surface area contributed by atoms with Crippen molar-refractivity contribution in [3.8, 4) is 0 Å². The van der Waals surface area contributed by atoms with Gasteiger partial charge in [-0.2, -0.15) is 0 Å². The minimum absolute atomic E-state index is 0.0659. The van der Waals surface area contributed by atoms with E-state index < -0.39 is 21.4 Å². The Kier molecular flexibility index (Phi) is 4.78. The summed E-state index contributed by atoms with van der Waals surface area (Å²) in [7, 11) is -3.62. The van der Waals surface area contributed by atoms with E-state index in [2.05, 4.69) is 4.72 Å². The van der Waals surface area contributed by atoms with Gasteiger partial charge in [0.15, 0.2) is 0 Å². The maximum atomic E-state index is 12.8. The van der Waals surface area contributed by atoms with Gasteiger partial charge in [0.2, 0.25) is 10.0 Å². The van der Waals surface area contributed by atoms with Crippen LogP contribution in [0.25, 0.3) is 0 Å². The fraction of sp³-hybridized carbons (Fsp3) is 0.571. The first-order valence-corrected chi connectivity index (χ1v) is 8.44. The van der Waals surface area contributed by atoms with Crippen LogP contribution in [0.5, 0.6) is 0 Å². The van der Waals surface area contributed by atoms with Gasteiger partial charge < -0.3 is 5.73 Å². The number of rotatable bonds is 4. The van der Waals surface area contributed by atoms with Gasteiger partial charge >= 0.3 is 0 Å². The molecule has 0 bridgehead atoms. The van der Waals surface area contributed by atoms with Crippen molar-refractivity contribution >= 4 is 10.0 Å². The van der Waals surface area contributed by atoms with Crippen LogP contribution in [0.4, 0.5) is 4.39 Å². The van der Waals surface area contributed by atoms with Crippen LogP contribution in [0.2, 0.25) is 0 Å². The van der Waals surface area contributed by atoms with Gasteiger partial charge in [-0.15, -0.1) is 0 Å². The Labute approximate surface area is 119 Å². The molecule has 4 nitrogen and oxygen atoms in total. The molecule has 2 rings (SSSR count). The highest BCUT2D eigenvalue weighted by molar-refractivity contribution is 7.89. The predicted octanol–water partition coefficient (Wildman–Crippen LogP) is 2.16. The van der Waals surface area contributed by atoms with Crippen LogP contribution in [0.15, 0.2) is 29.2 Å². The molecule has 1 fully saturated rings. The quantitative estimate of drug-likeness (QED) is 0.837. The van der Waals surface area contributed by atoms with E-state index in [-0.39, 0.29) is 11.4 Å². The van der Waals surface area contributed by atoms with Crippen molar-refractivity contribution < 1.29 is 12.8 Å². The Morgan fingerprint density at radius 2 is 1.65 bits per heavy atom. The highest BCUT2D eigenvalue weighted by Crippen LogP contribution is 2.24. The molecule has 0 aromatic heterocycles. The lowest BCUT2D eigenvalue weighted by atomic mass is 9.92. The zero-order valence-electron chi connectivity index (χ0n) is 11.4. The second-order valence-electron chi connectivity index (χ2n) is 5.56. The van der Waals surface area contributed by atoms with E-state index in [4.69, 9.17) is 5.73 Å². The molecular formula is C14H21FN2O2S. The molecule has 0 aliphatic heterocycles. The Bertz CT molecular complexity index is 535. The van der Waals surface area contributed by atoms with E-state index in [1.807, 2.05) is 0 Å². The maximum absolute atomic E-state index is 12.8. The molecule has 1 aliphatic rings. The summed E-state index contributed by atoms with van der Waals surface area (Å²) in [6, 6.07) is 4.79.